The number of piperidine rings is 1. The number of amides is 1. The molecule has 1 saturated carbocycles. The SMILES string of the molecule is CCN1CCCC1CNC(=O)C1CC12CCNCC2. The largest absolute Gasteiger partial charge is 0.354 e. The lowest BCUT2D eigenvalue weighted by atomic mass is 9.92. The summed E-state index contributed by atoms with van der Waals surface area (Å²) in [6.45, 7) is 7.57. The first-order valence-electron chi connectivity index (χ1n) is 7.98. The van der Waals surface area contributed by atoms with E-state index >= 15 is 0 Å². The monoisotopic (exact) mass is 265 g/mol. The Labute approximate surface area is 116 Å². The fourth-order valence-corrected chi connectivity index (χ4v) is 4.08. The molecule has 1 amide bonds. The Hall–Kier alpha value is -0.610. The molecule has 4 nitrogen and oxygen atoms in total. The zero-order valence-electron chi connectivity index (χ0n) is 12.1. The van der Waals surface area contributed by atoms with Gasteiger partial charge in [0.2, 0.25) is 5.91 Å². The van der Waals surface area contributed by atoms with Gasteiger partial charge < -0.3 is 10.6 Å². The molecule has 4 heteroatoms. The molecule has 1 aliphatic carbocycles. The maximum absolute atomic E-state index is 12.3. The van der Waals surface area contributed by atoms with E-state index in [4.69, 9.17) is 0 Å². The highest BCUT2D eigenvalue weighted by Crippen LogP contribution is 2.58. The molecule has 108 valence electrons. The van der Waals surface area contributed by atoms with Crippen LogP contribution in [0.4, 0.5) is 0 Å². The zero-order valence-corrected chi connectivity index (χ0v) is 12.1. The summed E-state index contributed by atoms with van der Waals surface area (Å²) in [6.07, 6.45) is 6.04. The van der Waals surface area contributed by atoms with Crippen LogP contribution in [0.2, 0.25) is 0 Å². The molecule has 0 radical (unpaired) electrons. The maximum Gasteiger partial charge on any atom is 0.223 e. The molecule has 0 aromatic heterocycles. The lowest BCUT2D eigenvalue weighted by Gasteiger charge is -2.25. The molecule has 2 saturated heterocycles. The summed E-state index contributed by atoms with van der Waals surface area (Å²) >= 11 is 0. The number of carbonyl (C=O) groups excluding carboxylic acids is 1. The van der Waals surface area contributed by atoms with Gasteiger partial charge in [-0.1, -0.05) is 6.92 Å². The van der Waals surface area contributed by atoms with Crippen LogP contribution in [0.3, 0.4) is 0 Å². The zero-order chi connectivity index (χ0) is 13.3. The second kappa shape index (κ2) is 5.41. The molecule has 2 unspecified atom stereocenters. The van der Waals surface area contributed by atoms with Gasteiger partial charge in [-0.2, -0.15) is 0 Å². The van der Waals surface area contributed by atoms with Crippen LogP contribution in [0.25, 0.3) is 0 Å². The molecule has 3 rings (SSSR count). The van der Waals surface area contributed by atoms with E-state index in [1.807, 2.05) is 0 Å². The molecule has 19 heavy (non-hydrogen) atoms. The van der Waals surface area contributed by atoms with Gasteiger partial charge in [-0.3, -0.25) is 9.69 Å². The van der Waals surface area contributed by atoms with Gasteiger partial charge in [0.15, 0.2) is 0 Å². The second-order valence-electron chi connectivity index (χ2n) is 6.54. The Morgan fingerprint density at radius 1 is 1.42 bits per heavy atom. The fourth-order valence-electron chi connectivity index (χ4n) is 4.08. The van der Waals surface area contributed by atoms with Gasteiger partial charge in [0, 0.05) is 18.5 Å². The van der Waals surface area contributed by atoms with E-state index in [-0.39, 0.29) is 0 Å². The van der Waals surface area contributed by atoms with Gasteiger partial charge in [0.25, 0.3) is 0 Å². The van der Waals surface area contributed by atoms with Crippen LogP contribution < -0.4 is 10.6 Å². The number of hydrogen-bond donors (Lipinski definition) is 2. The normalized spacial score (nSPS) is 33.5. The molecule has 0 aromatic carbocycles. The van der Waals surface area contributed by atoms with Crippen molar-refractivity contribution in [3.63, 3.8) is 0 Å². The highest BCUT2D eigenvalue weighted by molar-refractivity contribution is 5.82. The van der Waals surface area contributed by atoms with Gasteiger partial charge in [-0.05, 0) is 63.7 Å². The Morgan fingerprint density at radius 2 is 2.21 bits per heavy atom. The van der Waals surface area contributed by atoms with Crippen molar-refractivity contribution in [1.82, 2.24) is 15.5 Å². The molecule has 2 atom stereocenters. The predicted octanol–water partition coefficient (Wildman–Crippen LogP) is 0.977. The first kappa shape index (κ1) is 13.4. The van der Waals surface area contributed by atoms with E-state index < -0.39 is 0 Å². The molecular weight excluding hydrogens is 238 g/mol. The maximum atomic E-state index is 12.3. The number of carbonyl (C=O) groups is 1. The first-order chi connectivity index (χ1) is 9.25. The molecular formula is C15H27N3O. The minimum Gasteiger partial charge on any atom is -0.354 e. The Balaban J connectivity index is 1.45. The van der Waals surface area contributed by atoms with Crippen LogP contribution in [0.5, 0.6) is 0 Å². The third-order valence-electron chi connectivity index (χ3n) is 5.52. The number of hydrogen-bond acceptors (Lipinski definition) is 3. The fraction of sp³-hybridized carbons (Fsp3) is 0.933. The van der Waals surface area contributed by atoms with Crippen molar-refractivity contribution in [1.29, 1.82) is 0 Å². The van der Waals surface area contributed by atoms with Gasteiger partial charge in [-0.15, -0.1) is 0 Å². The van der Waals surface area contributed by atoms with E-state index in [9.17, 15) is 4.79 Å². The topological polar surface area (TPSA) is 44.4 Å². The van der Waals surface area contributed by atoms with Crippen molar-refractivity contribution >= 4 is 5.91 Å². The lowest BCUT2D eigenvalue weighted by Crippen LogP contribution is -2.41. The van der Waals surface area contributed by atoms with E-state index in [2.05, 4.69) is 22.5 Å². The smallest absolute Gasteiger partial charge is 0.223 e. The van der Waals surface area contributed by atoms with Crippen molar-refractivity contribution in [3.05, 3.63) is 0 Å². The third-order valence-corrected chi connectivity index (χ3v) is 5.52. The summed E-state index contributed by atoms with van der Waals surface area (Å²) < 4.78 is 0. The van der Waals surface area contributed by atoms with Crippen LogP contribution in [0.1, 0.15) is 39.0 Å². The molecule has 0 bridgehead atoms. The number of rotatable bonds is 4. The number of nitrogens with zero attached hydrogens (tertiary/aromatic N) is 1. The van der Waals surface area contributed by atoms with E-state index in [0.29, 0.717) is 23.3 Å². The average Bonchev–Trinajstić information content (AvgIpc) is 2.94. The molecule has 2 heterocycles. The lowest BCUT2D eigenvalue weighted by molar-refractivity contribution is -0.123. The van der Waals surface area contributed by atoms with E-state index in [1.54, 1.807) is 0 Å². The highest BCUT2D eigenvalue weighted by Gasteiger charge is 2.57. The number of likely N-dealkylation sites (N-methyl/N-ethyl adjacent to an activating group) is 1. The molecule has 3 aliphatic rings. The molecule has 2 aliphatic heterocycles. The minimum atomic E-state index is 0.311. The Bertz CT molecular complexity index is 338. The summed E-state index contributed by atoms with van der Waals surface area (Å²) in [5.41, 5.74) is 0.370. The molecule has 3 fully saturated rings. The molecule has 1 spiro atoms. The molecule has 2 N–H and O–H groups in total. The van der Waals surface area contributed by atoms with Crippen molar-refractivity contribution < 1.29 is 4.79 Å². The Kier molecular flexibility index (Phi) is 3.81. The third kappa shape index (κ3) is 2.65. The summed E-state index contributed by atoms with van der Waals surface area (Å²) in [6, 6.07) is 0.580. The summed E-state index contributed by atoms with van der Waals surface area (Å²) in [4.78, 5) is 14.8. The van der Waals surface area contributed by atoms with Crippen LogP contribution in [-0.4, -0.2) is 49.6 Å². The van der Waals surface area contributed by atoms with Crippen molar-refractivity contribution in [3.8, 4) is 0 Å². The van der Waals surface area contributed by atoms with Crippen molar-refractivity contribution in [2.45, 2.75) is 45.1 Å². The second-order valence-corrected chi connectivity index (χ2v) is 6.54. The number of nitrogens with one attached hydrogen (secondary N) is 2. The highest BCUT2D eigenvalue weighted by atomic mass is 16.2. The standard InChI is InChI=1S/C15H27N3O/c1-2-18-9-3-4-12(18)11-17-14(19)13-10-15(13)5-7-16-8-6-15/h12-13,16H,2-11H2,1H3,(H,17,19). The van der Waals surface area contributed by atoms with Crippen LogP contribution >= 0.6 is 0 Å². The van der Waals surface area contributed by atoms with Crippen molar-refractivity contribution in [2.75, 3.05) is 32.7 Å². The van der Waals surface area contributed by atoms with E-state index in [1.165, 1.54) is 32.2 Å². The van der Waals surface area contributed by atoms with Crippen LogP contribution in [0.15, 0.2) is 0 Å². The van der Waals surface area contributed by atoms with Gasteiger partial charge >= 0.3 is 0 Å². The first-order valence-corrected chi connectivity index (χ1v) is 7.98. The summed E-state index contributed by atoms with van der Waals surface area (Å²) in [5.74, 6) is 0.635. The van der Waals surface area contributed by atoms with E-state index in [0.717, 1.165) is 32.6 Å². The predicted molar refractivity (Wildman–Crippen MR) is 75.9 cm³/mol. The Morgan fingerprint density at radius 3 is 2.95 bits per heavy atom. The summed E-state index contributed by atoms with van der Waals surface area (Å²) in [7, 11) is 0. The number of likely N-dealkylation sites (tertiary alicyclic amines) is 1. The minimum absolute atomic E-state index is 0.311. The van der Waals surface area contributed by atoms with Gasteiger partial charge in [0.05, 0.1) is 0 Å². The van der Waals surface area contributed by atoms with Gasteiger partial charge in [0.1, 0.15) is 0 Å². The molecule has 0 aromatic rings. The summed E-state index contributed by atoms with van der Waals surface area (Å²) in [5, 5.41) is 6.61. The van der Waals surface area contributed by atoms with Crippen LogP contribution in [-0.2, 0) is 4.79 Å². The average molecular weight is 265 g/mol. The van der Waals surface area contributed by atoms with Gasteiger partial charge in [-0.25, -0.2) is 0 Å². The van der Waals surface area contributed by atoms with Crippen molar-refractivity contribution in [2.24, 2.45) is 11.3 Å². The van der Waals surface area contributed by atoms with Crippen LogP contribution in [0, 0.1) is 11.3 Å². The quantitative estimate of drug-likeness (QED) is 0.796.